The number of ketones is 1. The number of nitrogens with one attached hydrogen (secondary N) is 1. The number of Topliss-reactive ketones (excluding diaryl/α,β-unsaturated/α-hetero) is 1. The van der Waals surface area contributed by atoms with E-state index in [-0.39, 0.29) is 17.7 Å². The normalized spacial score (nSPS) is 12.2. The molecule has 0 aromatic heterocycles. The predicted octanol–water partition coefficient (Wildman–Crippen LogP) is 0.209. The first-order valence-corrected chi connectivity index (χ1v) is 4.55. The number of carbonyl (C=O) groups excluding carboxylic acids is 2. The number of unbranched alkanes of at least 4 members (excludes halogenated alkanes) is 1. The van der Waals surface area contributed by atoms with Gasteiger partial charge in [0.15, 0.2) is 5.78 Å². The Hall–Kier alpha value is -0.900. The van der Waals surface area contributed by atoms with Crippen molar-refractivity contribution >= 4 is 11.7 Å². The monoisotopic (exact) mass is 186 g/mol. The van der Waals surface area contributed by atoms with Gasteiger partial charge in [-0.2, -0.15) is 0 Å². The average molecular weight is 186 g/mol. The summed E-state index contributed by atoms with van der Waals surface area (Å²) in [5, 5.41) is 2.61. The van der Waals surface area contributed by atoms with Crippen molar-refractivity contribution in [2.24, 2.45) is 5.73 Å². The summed E-state index contributed by atoms with van der Waals surface area (Å²) in [6.45, 7) is 3.53. The van der Waals surface area contributed by atoms with E-state index in [1.54, 1.807) is 0 Å². The molecule has 4 nitrogen and oxygen atoms in total. The minimum Gasteiger partial charge on any atom is -0.347 e. The lowest BCUT2D eigenvalue weighted by molar-refractivity contribution is -0.125. The van der Waals surface area contributed by atoms with Crippen LogP contribution in [0.3, 0.4) is 0 Å². The van der Waals surface area contributed by atoms with Gasteiger partial charge in [0.1, 0.15) is 0 Å². The van der Waals surface area contributed by atoms with Gasteiger partial charge in [-0.3, -0.25) is 9.59 Å². The molecule has 1 atom stereocenters. The van der Waals surface area contributed by atoms with E-state index >= 15 is 0 Å². The highest BCUT2D eigenvalue weighted by molar-refractivity contribution is 5.86. The molecule has 0 bridgehead atoms. The van der Waals surface area contributed by atoms with Crippen molar-refractivity contribution in [1.29, 1.82) is 0 Å². The lowest BCUT2D eigenvalue weighted by Crippen LogP contribution is -2.38. The topological polar surface area (TPSA) is 72.2 Å². The van der Waals surface area contributed by atoms with E-state index in [4.69, 9.17) is 5.73 Å². The van der Waals surface area contributed by atoms with Gasteiger partial charge in [0, 0.05) is 6.92 Å². The fourth-order valence-electron chi connectivity index (χ4n) is 1.12. The lowest BCUT2D eigenvalue weighted by atomic mass is 10.1. The standard InChI is InChI=1S/C9H18N2O2/c1-7(12)9(11-8(2)13)5-3-4-6-10/h9H,3-6,10H2,1-2H3,(H,11,13). The van der Waals surface area contributed by atoms with Crippen molar-refractivity contribution in [3.05, 3.63) is 0 Å². The molecule has 0 saturated carbocycles. The highest BCUT2D eigenvalue weighted by Gasteiger charge is 2.13. The van der Waals surface area contributed by atoms with Gasteiger partial charge < -0.3 is 11.1 Å². The van der Waals surface area contributed by atoms with Crippen LogP contribution >= 0.6 is 0 Å². The van der Waals surface area contributed by atoms with Crippen molar-refractivity contribution in [2.45, 2.75) is 39.2 Å². The largest absolute Gasteiger partial charge is 0.347 e. The van der Waals surface area contributed by atoms with Crippen LogP contribution in [0.2, 0.25) is 0 Å². The first-order valence-electron chi connectivity index (χ1n) is 4.55. The number of hydrogen-bond donors (Lipinski definition) is 2. The fourth-order valence-corrected chi connectivity index (χ4v) is 1.12. The Balaban J connectivity index is 3.81. The molecule has 76 valence electrons. The molecule has 1 amide bonds. The van der Waals surface area contributed by atoms with Crippen LogP contribution in [-0.4, -0.2) is 24.3 Å². The van der Waals surface area contributed by atoms with Crippen molar-refractivity contribution in [2.75, 3.05) is 6.54 Å². The Bertz CT molecular complexity index is 180. The Morgan fingerprint density at radius 2 is 1.92 bits per heavy atom. The van der Waals surface area contributed by atoms with E-state index in [0.29, 0.717) is 13.0 Å². The van der Waals surface area contributed by atoms with Crippen LogP contribution in [0.4, 0.5) is 0 Å². The van der Waals surface area contributed by atoms with Crippen molar-refractivity contribution in [3.63, 3.8) is 0 Å². The average Bonchev–Trinajstić information content (AvgIpc) is 2.02. The fraction of sp³-hybridized carbons (Fsp3) is 0.778. The Morgan fingerprint density at radius 1 is 1.31 bits per heavy atom. The zero-order valence-electron chi connectivity index (χ0n) is 8.30. The second-order valence-electron chi connectivity index (χ2n) is 3.15. The van der Waals surface area contributed by atoms with Gasteiger partial charge in [0.25, 0.3) is 0 Å². The van der Waals surface area contributed by atoms with Gasteiger partial charge in [-0.1, -0.05) is 0 Å². The highest BCUT2D eigenvalue weighted by Crippen LogP contribution is 2.01. The molecular weight excluding hydrogens is 168 g/mol. The molecule has 0 saturated heterocycles. The third-order valence-corrected chi connectivity index (χ3v) is 1.82. The molecule has 13 heavy (non-hydrogen) atoms. The summed E-state index contributed by atoms with van der Waals surface area (Å²) in [7, 11) is 0. The summed E-state index contributed by atoms with van der Waals surface area (Å²) in [5.41, 5.74) is 5.32. The minimum absolute atomic E-state index is 0.00669. The summed E-state index contributed by atoms with van der Waals surface area (Å²) in [4.78, 5) is 21.7. The number of carbonyl (C=O) groups is 2. The molecule has 0 aliphatic rings. The predicted molar refractivity (Wildman–Crippen MR) is 51.2 cm³/mol. The molecule has 4 heteroatoms. The third-order valence-electron chi connectivity index (χ3n) is 1.82. The second-order valence-corrected chi connectivity index (χ2v) is 3.15. The van der Waals surface area contributed by atoms with Crippen LogP contribution in [0, 0.1) is 0 Å². The molecule has 0 heterocycles. The van der Waals surface area contributed by atoms with Crippen LogP contribution in [0.5, 0.6) is 0 Å². The number of rotatable bonds is 6. The first-order chi connectivity index (χ1) is 6.07. The lowest BCUT2D eigenvalue weighted by Gasteiger charge is -2.13. The Morgan fingerprint density at radius 3 is 2.31 bits per heavy atom. The zero-order chi connectivity index (χ0) is 10.3. The van der Waals surface area contributed by atoms with Gasteiger partial charge in [-0.15, -0.1) is 0 Å². The van der Waals surface area contributed by atoms with E-state index in [9.17, 15) is 9.59 Å². The van der Waals surface area contributed by atoms with E-state index in [1.165, 1.54) is 13.8 Å². The van der Waals surface area contributed by atoms with Crippen LogP contribution in [0.25, 0.3) is 0 Å². The van der Waals surface area contributed by atoms with Gasteiger partial charge >= 0.3 is 0 Å². The molecule has 0 rings (SSSR count). The molecule has 0 spiro atoms. The molecule has 0 aromatic carbocycles. The second kappa shape index (κ2) is 6.60. The van der Waals surface area contributed by atoms with E-state index in [1.807, 2.05) is 0 Å². The van der Waals surface area contributed by atoms with Crippen molar-refractivity contribution in [1.82, 2.24) is 5.32 Å². The molecule has 0 fully saturated rings. The zero-order valence-corrected chi connectivity index (χ0v) is 8.30. The number of nitrogens with two attached hydrogens (primary N) is 1. The summed E-state index contributed by atoms with van der Waals surface area (Å²) >= 11 is 0. The van der Waals surface area contributed by atoms with Crippen LogP contribution in [0.15, 0.2) is 0 Å². The van der Waals surface area contributed by atoms with Crippen LogP contribution in [0.1, 0.15) is 33.1 Å². The molecule has 0 aliphatic heterocycles. The molecule has 0 aromatic rings. The first kappa shape index (κ1) is 12.1. The molecule has 3 N–H and O–H groups in total. The van der Waals surface area contributed by atoms with E-state index in [0.717, 1.165) is 12.8 Å². The van der Waals surface area contributed by atoms with Crippen molar-refractivity contribution in [3.8, 4) is 0 Å². The summed E-state index contributed by atoms with van der Waals surface area (Å²) in [5.74, 6) is -0.153. The molecule has 0 radical (unpaired) electrons. The highest BCUT2D eigenvalue weighted by atomic mass is 16.2. The maximum Gasteiger partial charge on any atom is 0.217 e. The Labute approximate surface area is 78.9 Å². The summed E-state index contributed by atoms with van der Waals surface area (Å²) < 4.78 is 0. The summed E-state index contributed by atoms with van der Waals surface area (Å²) in [6.07, 6.45) is 2.45. The molecular formula is C9H18N2O2. The van der Waals surface area contributed by atoms with E-state index in [2.05, 4.69) is 5.32 Å². The Kier molecular flexibility index (Phi) is 6.14. The van der Waals surface area contributed by atoms with Crippen LogP contribution in [-0.2, 0) is 9.59 Å². The van der Waals surface area contributed by atoms with Gasteiger partial charge in [0.05, 0.1) is 6.04 Å². The maximum atomic E-state index is 11.0. The van der Waals surface area contributed by atoms with Gasteiger partial charge in [-0.25, -0.2) is 0 Å². The number of amides is 1. The quantitative estimate of drug-likeness (QED) is 0.582. The van der Waals surface area contributed by atoms with Gasteiger partial charge in [-0.05, 0) is 32.7 Å². The number of hydrogen-bond acceptors (Lipinski definition) is 3. The molecule has 1 unspecified atom stereocenters. The van der Waals surface area contributed by atoms with Crippen LogP contribution < -0.4 is 11.1 Å². The molecule has 0 aliphatic carbocycles. The summed E-state index contributed by atoms with van der Waals surface area (Å²) in [6, 6.07) is -0.330. The van der Waals surface area contributed by atoms with Gasteiger partial charge in [0.2, 0.25) is 5.91 Å². The SMILES string of the molecule is CC(=O)NC(CCCCN)C(C)=O. The minimum atomic E-state index is -0.330. The maximum absolute atomic E-state index is 11.0. The smallest absolute Gasteiger partial charge is 0.217 e. The third kappa shape index (κ3) is 6.28. The van der Waals surface area contributed by atoms with E-state index < -0.39 is 0 Å². The van der Waals surface area contributed by atoms with Crippen molar-refractivity contribution < 1.29 is 9.59 Å².